The first-order valence-electron chi connectivity index (χ1n) is 11.0. The molecule has 166 valence electrons. The molecule has 0 aromatic rings. The second-order valence-corrected chi connectivity index (χ2v) is 8.72. The molecule has 0 bridgehead atoms. The minimum atomic E-state index is -0.799. The van der Waals surface area contributed by atoms with Crippen LogP contribution in [0.25, 0.3) is 0 Å². The van der Waals surface area contributed by atoms with Crippen LogP contribution >= 0.6 is 0 Å². The van der Waals surface area contributed by atoms with Crippen LogP contribution in [-0.4, -0.2) is 42.3 Å². The average Bonchev–Trinajstić information content (AvgIpc) is 2.94. The van der Waals surface area contributed by atoms with Crippen LogP contribution in [-0.2, 0) is 14.3 Å². The molecular formula is C24H40O5. The fourth-order valence-electron chi connectivity index (χ4n) is 4.31. The number of allylic oxidation sites excluding steroid dienone is 3. The number of methoxy groups -OCH3 is 1. The molecule has 2 atom stereocenters. The normalized spacial score (nSPS) is 22.6. The van der Waals surface area contributed by atoms with Crippen molar-refractivity contribution in [3.05, 3.63) is 24.3 Å². The van der Waals surface area contributed by atoms with Crippen LogP contribution in [0.2, 0.25) is 0 Å². The smallest absolute Gasteiger partial charge is 0.310 e. The van der Waals surface area contributed by atoms with Gasteiger partial charge in [0.2, 0.25) is 0 Å². The number of aliphatic hydroxyl groups is 2. The van der Waals surface area contributed by atoms with Crippen molar-refractivity contribution in [3.8, 4) is 0 Å². The molecule has 0 radical (unpaired) electrons. The Hall–Kier alpha value is -1.46. The van der Waals surface area contributed by atoms with Crippen molar-refractivity contribution in [2.75, 3.05) is 20.3 Å². The Morgan fingerprint density at radius 2 is 1.69 bits per heavy atom. The van der Waals surface area contributed by atoms with Gasteiger partial charge in [0.1, 0.15) is 5.78 Å². The van der Waals surface area contributed by atoms with Gasteiger partial charge >= 0.3 is 5.97 Å². The number of carbonyl (C=O) groups excluding carboxylic acids is 2. The number of Topliss-reactive ketones (excluding diaryl/α,β-unsaturated/α-hetero) is 1. The molecule has 0 aliphatic heterocycles. The summed E-state index contributed by atoms with van der Waals surface area (Å²) in [6.45, 7) is 4.27. The summed E-state index contributed by atoms with van der Waals surface area (Å²) < 4.78 is 5.10. The zero-order chi connectivity index (χ0) is 21.8. The van der Waals surface area contributed by atoms with E-state index in [0.717, 1.165) is 38.5 Å². The largest absolute Gasteiger partial charge is 0.469 e. The maximum Gasteiger partial charge on any atom is 0.310 e. The van der Waals surface area contributed by atoms with Crippen molar-refractivity contribution in [1.29, 1.82) is 0 Å². The van der Waals surface area contributed by atoms with E-state index in [1.165, 1.54) is 7.11 Å². The van der Waals surface area contributed by atoms with E-state index in [4.69, 9.17) is 14.9 Å². The number of carbonyl (C=O) groups is 2. The van der Waals surface area contributed by atoms with Gasteiger partial charge in [-0.25, -0.2) is 0 Å². The minimum absolute atomic E-state index is 0.106. The third-order valence-electron chi connectivity index (χ3n) is 6.09. The second kappa shape index (κ2) is 13.0. The zero-order valence-electron chi connectivity index (χ0n) is 18.5. The third-order valence-corrected chi connectivity index (χ3v) is 6.09. The third kappa shape index (κ3) is 7.38. The second-order valence-electron chi connectivity index (χ2n) is 8.72. The van der Waals surface area contributed by atoms with Crippen LogP contribution in [0.3, 0.4) is 0 Å². The summed E-state index contributed by atoms with van der Waals surface area (Å²) >= 11 is 0. The maximum absolute atomic E-state index is 13.4. The molecular weight excluding hydrogens is 368 g/mol. The molecule has 0 aromatic heterocycles. The Morgan fingerprint density at radius 1 is 1.00 bits per heavy atom. The number of rotatable bonds is 14. The van der Waals surface area contributed by atoms with Crippen molar-refractivity contribution < 1.29 is 24.5 Å². The number of ketones is 1. The van der Waals surface area contributed by atoms with E-state index in [2.05, 4.69) is 6.08 Å². The van der Waals surface area contributed by atoms with Crippen LogP contribution < -0.4 is 0 Å². The van der Waals surface area contributed by atoms with Gasteiger partial charge in [0, 0.05) is 18.6 Å². The maximum atomic E-state index is 13.4. The van der Waals surface area contributed by atoms with Crippen molar-refractivity contribution in [2.45, 2.75) is 78.1 Å². The van der Waals surface area contributed by atoms with Crippen LogP contribution in [0.15, 0.2) is 24.3 Å². The Labute approximate surface area is 176 Å². The molecule has 1 aliphatic rings. The lowest BCUT2D eigenvalue weighted by Gasteiger charge is -2.33. The topological polar surface area (TPSA) is 83.8 Å². The molecule has 1 aliphatic carbocycles. The fourth-order valence-corrected chi connectivity index (χ4v) is 4.31. The highest BCUT2D eigenvalue weighted by Gasteiger charge is 2.56. The molecule has 0 aromatic carbocycles. The van der Waals surface area contributed by atoms with Crippen molar-refractivity contribution in [2.24, 2.45) is 16.7 Å². The van der Waals surface area contributed by atoms with Gasteiger partial charge in [-0.3, -0.25) is 9.59 Å². The van der Waals surface area contributed by atoms with E-state index in [0.29, 0.717) is 25.7 Å². The van der Waals surface area contributed by atoms with Gasteiger partial charge in [-0.05, 0) is 51.4 Å². The molecule has 29 heavy (non-hydrogen) atoms. The van der Waals surface area contributed by atoms with Crippen LogP contribution in [0.4, 0.5) is 0 Å². The molecule has 0 unspecified atom stereocenters. The van der Waals surface area contributed by atoms with Gasteiger partial charge in [0.25, 0.3) is 0 Å². The summed E-state index contributed by atoms with van der Waals surface area (Å²) in [6.07, 6.45) is 15.9. The SMILES string of the molecule is COC(=O)[C@@H](CCC=CCCO)[C@@]1(C=CCCCCCCO)CCC(C)(C)C1=O. The summed E-state index contributed by atoms with van der Waals surface area (Å²) in [5.41, 5.74) is -1.24. The number of aliphatic hydroxyl groups excluding tert-OH is 2. The summed E-state index contributed by atoms with van der Waals surface area (Å²) in [7, 11) is 1.39. The van der Waals surface area contributed by atoms with Gasteiger partial charge in [0.05, 0.1) is 18.4 Å². The minimum Gasteiger partial charge on any atom is -0.469 e. The quantitative estimate of drug-likeness (QED) is 0.253. The standard InChI is InChI=1S/C24H40O5/c1-23(2)16-17-24(22(23)28,15-11-7-4-5-8-12-18-25)20(21(27)29-3)14-10-6-9-13-19-26/h6,9,11,15,20,25-26H,4-5,7-8,10,12-14,16-19H2,1-3H3/t20-,24-/m1/s1. The summed E-state index contributed by atoms with van der Waals surface area (Å²) in [6, 6.07) is 0. The summed E-state index contributed by atoms with van der Waals surface area (Å²) in [5, 5.41) is 17.8. The predicted octanol–water partition coefficient (Wildman–Crippen LogP) is 4.37. The van der Waals surface area contributed by atoms with E-state index >= 15 is 0 Å². The van der Waals surface area contributed by atoms with Crippen molar-refractivity contribution in [1.82, 2.24) is 0 Å². The van der Waals surface area contributed by atoms with Crippen LogP contribution in [0, 0.1) is 16.7 Å². The predicted molar refractivity (Wildman–Crippen MR) is 115 cm³/mol. The van der Waals surface area contributed by atoms with Gasteiger partial charge in [0.15, 0.2) is 0 Å². The Kier molecular flexibility index (Phi) is 11.4. The van der Waals surface area contributed by atoms with Gasteiger partial charge in [-0.2, -0.15) is 0 Å². The first kappa shape index (κ1) is 25.6. The number of ether oxygens (including phenoxy) is 1. The molecule has 1 saturated carbocycles. The number of unbranched alkanes of at least 4 members (excludes halogenated alkanes) is 4. The van der Waals surface area contributed by atoms with E-state index in [-0.39, 0.29) is 25.0 Å². The van der Waals surface area contributed by atoms with E-state index in [9.17, 15) is 9.59 Å². The monoisotopic (exact) mass is 408 g/mol. The van der Waals surface area contributed by atoms with E-state index in [1.807, 2.05) is 32.1 Å². The van der Waals surface area contributed by atoms with Crippen molar-refractivity contribution in [3.63, 3.8) is 0 Å². The Balaban J connectivity index is 2.97. The lowest BCUT2D eigenvalue weighted by molar-refractivity contribution is -0.153. The highest BCUT2D eigenvalue weighted by molar-refractivity contribution is 5.97. The number of hydrogen-bond acceptors (Lipinski definition) is 5. The van der Waals surface area contributed by atoms with Gasteiger partial charge < -0.3 is 14.9 Å². The van der Waals surface area contributed by atoms with Crippen LogP contribution in [0.5, 0.6) is 0 Å². The highest BCUT2D eigenvalue weighted by atomic mass is 16.5. The molecule has 1 rings (SSSR count). The molecule has 5 nitrogen and oxygen atoms in total. The van der Waals surface area contributed by atoms with Crippen LogP contribution in [0.1, 0.15) is 78.1 Å². The lowest BCUT2D eigenvalue weighted by Crippen LogP contribution is -2.41. The summed E-state index contributed by atoms with van der Waals surface area (Å²) in [5.74, 6) is -0.679. The highest BCUT2D eigenvalue weighted by Crippen LogP contribution is 2.52. The molecule has 0 spiro atoms. The van der Waals surface area contributed by atoms with Gasteiger partial charge in [-0.1, -0.05) is 51.0 Å². The lowest BCUT2D eigenvalue weighted by atomic mass is 9.68. The zero-order valence-corrected chi connectivity index (χ0v) is 18.5. The fraction of sp³-hybridized carbons (Fsp3) is 0.750. The summed E-state index contributed by atoms with van der Waals surface area (Å²) in [4.78, 5) is 26.1. The van der Waals surface area contributed by atoms with Gasteiger partial charge in [-0.15, -0.1) is 0 Å². The number of esters is 1. The molecule has 0 saturated heterocycles. The van der Waals surface area contributed by atoms with E-state index < -0.39 is 16.7 Å². The first-order valence-corrected chi connectivity index (χ1v) is 11.0. The average molecular weight is 409 g/mol. The molecule has 1 fully saturated rings. The molecule has 2 N–H and O–H groups in total. The first-order chi connectivity index (χ1) is 13.9. The number of hydrogen-bond donors (Lipinski definition) is 2. The molecule has 0 heterocycles. The Morgan fingerprint density at radius 3 is 2.28 bits per heavy atom. The Bertz CT molecular complexity index is 564. The van der Waals surface area contributed by atoms with Crippen molar-refractivity contribution >= 4 is 11.8 Å². The molecule has 5 heteroatoms. The molecule has 0 amide bonds. The van der Waals surface area contributed by atoms with E-state index in [1.54, 1.807) is 0 Å².